The van der Waals surface area contributed by atoms with Gasteiger partial charge < -0.3 is 0 Å². The van der Waals surface area contributed by atoms with Crippen LogP contribution >= 0.6 is 0 Å². The summed E-state index contributed by atoms with van der Waals surface area (Å²) >= 11 is 0. The lowest BCUT2D eigenvalue weighted by Gasteiger charge is -2.12. The van der Waals surface area contributed by atoms with Gasteiger partial charge >= 0.3 is 0 Å². The quantitative estimate of drug-likeness (QED) is 0.572. The van der Waals surface area contributed by atoms with E-state index < -0.39 is 9.84 Å². The molecule has 0 spiro atoms. The molecule has 0 aromatic carbocycles. The van der Waals surface area contributed by atoms with Gasteiger partial charge in [-0.15, -0.1) is 0 Å². The SMILES string of the molecule is CC1C=CC2=C(C1)S(=O)(=O)C=C2. The molecule has 12 heavy (non-hydrogen) atoms. The summed E-state index contributed by atoms with van der Waals surface area (Å²) in [4.78, 5) is 0.595. The van der Waals surface area contributed by atoms with Gasteiger partial charge in [-0.1, -0.05) is 19.1 Å². The Morgan fingerprint density at radius 1 is 1.42 bits per heavy atom. The molecule has 1 atom stereocenters. The molecule has 0 N–H and O–H groups in total. The van der Waals surface area contributed by atoms with Crippen molar-refractivity contribution in [3.8, 4) is 0 Å². The van der Waals surface area contributed by atoms with E-state index in [0.717, 1.165) is 5.57 Å². The maximum absolute atomic E-state index is 11.4. The lowest BCUT2D eigenvalue weighted by Crippen LogP contribution is -2.05. The molecule has 2 nitrogen and oxygen atoms in total. The zero-order valence-corrected chi connectivity index (χ0v) is 7.64. The van der Waals surface area contributed by atoms with E-state index in [-0.39, 0.29) is 0 Å². The second kappa shape index (κ2) is 2.33. The van der Waals surface area contributed by atoms with Crippen LogP contribution in [0.25, 0.3) is 0 Å². The van der Waals surface area contributed by atoms with Crippen molar-refractivity contribution in [1.29, 1.82) is 0 Å². The molecular weight excluding hydrogens is 172 g/mol. The number of hydrogen-bond donors (Lipinski definition) is 0. The highest BCUT2D eigenvalue weighted by Gasteiger charge is 2.26. The maximum atomic E-state index is 11.4. The number of allylic oxidation sites excluding steroid dienone is 5. The Hall–Kier alpha value is -0.830. The van der Waals surface area contributed by atoms with E-state index >= 15 is 0 Å². The van der Waals surface area contributed by atoms with E-state index in [0.29, 0.717) is 17.2 Å². The fraction of sp³-hybridized carbons (Fsp3) is 0.333. The van der Waals surface area contributed by atoms with Crippen LogP contribution in [0, 0.1) is 5.92 Å². The van der Waals surface area contributed by atoms with E-state index in [2.05, 4.69) is 0 Å². The number of sulfone groups is 1. The summed E-state index contributed by atoms with van der Waals surface area (Å²) in [6, 6.07) is 0. The molecule has 1 aliphatic carbocycles. The molecule has 0 saturated carbocycles. The minimum atomic E-state index is -3.03. The van der Waals surface area contributed by atoms with Crippen LogP contribution in [0.15, 0.2) is 34.1 Å². The highest BCUT2D eigenvalue weighted by molar-refractivity contribution is 7.98. The molecule has 0 aromatic heterocycles. The molecule has 0 fully saturated rings. The minimum absolute atomic E-state index is 0.346. The van der Waals surface area contributed by atoms with E-state index in [1.54, 1.807) is 6.08 Å². The van der Waals surface area contributed by atoms with Crippen molar-refractivity contribution in [3.63, 3.8) is 0 Å². The Morgan fingerprint density at radius 3 is 2.92 bits per heavy atom. The molecule has 2 aliphatic rings. The zero-order valence-electron chi connectivity index (χ0n) is 6.82. The summed E-state index contributed by atoms with van der Waals surface area (Å²) in [7, 11) is -3.03. The Morgan fingerprint density at radius 2 is 2.17 bits per heavy atom. The van der Waals surface area contributed by atoms with Gasteiger partial charge in [-0.2, -0.15) is 0 Å². The average Bonchev–Trinajstić information content (AvgIpc) is 2.28. The van der Waals surface area contributed by atoms with Crippen LogP contribution in [0.4, 0.5) is 0 Å². The molecule has 0 bridgehead atoms. The van der Waals surface area contributed by atoms with Crippen molar-refractivity contribution in [3.05, 3.63) is 34.1 Å². The number of rotatable bonds is 0. The number of hydrogen-bond acceptors (Lipinski definition) is 2. The fourth-order valence-electron chi connectivity index (χ4n) is 1.51. The highest BCUT2D eigenvalue weighted by atomic mass is 32.2. The summed E-state index contributed by atoms with van der Waals surface area (Å²) in [6.07, 6.45) is 6.27. The van der Waals surface area contributed by atoms with Crippen LogP contribution in [-0.4, -0.2) is 8.42 Å². The van der Waals surface area contributed by atoms with Crippen molar-refractivity contribution in [2.24, 2.45) is 5.92 Å². The van der Waals surface area contributed by atoms with Gasteiger partial charge in [-0.05, 0) is 24.0 Å². The Kier molecular flexibility index (Phi) is 1.51. The first-order valence-electron chi connectivity index (χ1n) is 3.94. The molecule has 1 heterocycles. The summed E-state index contributed by atoms with van der Waals surface area (Å²) < 4.78 is 22.7. The lowest BCUT2D eigenvalue weighted by atomic mass is 9.98. The monoisotopic (exact) mass is 182 g/mol. The Balaban J connectivity index is 2.53. The average molecular weight is 182 g/mol. The standard InChI is InChI=1S/C9H10O2S/c1-7-2-3-8-4-5-12(10,11)9(8)6-7/h2-5,7H,6H2,1H3. The van der Waals surface area contributed by atoms with Crippen molar-refractivity contribution in [1.82, 2.24) is 0 Å². The van der Waals surface area contributed by atoms with Gasteiger partial charge in [-0.25, -0.2) is 8.42 Å². The second-order valence-electron chi connectivity index (χ2n) is 3.27. The van der Waals surface area contributed by atoms with Crippen molar-refractivity contribution in [2.45, 2.75) is 13.3 Å². The largest absolute Gasteiger partial charge is 0.219 e. The molecule has 2 rings (SSSR count). The van der Waals surface area contributed by atoms with Crippen LogP contribution in [0.3, 0.4) is 0 Å². The third-order valence-corrected chi connectivity index (χ3v) is 3.79. The molecule has 0 radical (unpaired) electrons. The second-order valence-corrected chi connectivity index (χ2v) is 5.12. The fourth-order valence-corrected chi connectivity index (χ4v) is 2.96. The van der Waals surface area contributed by atoms with Crippen molar-refractivity contribution < 1.29 is 8.42 Å². The third kappa shape index (κ3) is 1.05. The van der Waals surface area contributed by atoms with Crippen LogP contribution in [0.2, 0.25) is 0 Å². The summed E-state index contributed by atoms with van der Waals surface area (Å²) in [5.41, 5.74) is 0.869. The van der Waals surface area contributed by atoms with Gasteiger partial charge in [0.2, 0.25) is 0 Å². The van der Waals surface area contributed by atoms with Crippen LogP contribution < -0.4 is 0 Å². The molecule has 3 heteroatoms. The Labute approximate surface area is 72.2 Å². The molecule has 1 aliphatic heterocycles. The van der Waals surface area contributed by atoms with Crippen LogP contribution in [0.1, 0.15) is 13.3 Å². The van der Waals surface area contributed by atoms with E-state index in [9.17, 15) is 8.42 Å². The maximum Gasteiger partial charge on any atom is 0.196 e. The molecule has 0 aromatic rings. The summed E-state index contributed by atoms with van der Waals surface area (Å²) in [6.45, 7) is 2.02. The molecule has 1 unspecified atom stereocenters. The summed E-state index contributed by atoms with van der Waals surface area (Å²) in [5, 5.41) is 1.29. The predicted octanol–water partition coefficient (Wildman–Crippen LogP) is 1.78. The molecular formula is C9H10O2S. The van der Waals surface area contributed by atoms with Gasteiger partial charge in [-0.3, -0.25) is 0 Å². The van der Waals surface area contributed by atoms with E-state index in [4.69, 9.17) is 0 Å². The predicted molar refractivity (Wildman–Crippen MR) is 48.0 cm³/mol. The van der Waals surface area contributed by atoms with Crippen molar-refractivity contribution >= 4 is 9.84 Å². The van der Waals surface area contributed by atoms with Gasteiger partial charge in [0.25, 0.3) is 0 Å². The topological polar surface area (TPSA) is 34.1 Å². The molecule has 0 saturated heterocycles. The van der Waals surface area contributed by atoms with Gasteiger partial charge in [0, 0.05) is 5.41 Å². The first-order valence-corrected chi connectivity index (χ1v) is 5.49. The van der Waals surface area contributed by atoms with Crippen LogP contribution in [-0.2, 0) is 9.84 Å². The zero-order chi connectivity index (χ0) is 8.77. The Bertz CT molecular complexity index is 396. The van der Waals surface area contributed by atoms with Crippen molar-refractivity contribution in [2.75, 3.05) is 0 Å². The summed E-state index contributed by atoms with van der Waals surface area (Å²) in [5.74, 6) is 0.346. The lowest BCUT2D eigenvalue weighted by molar-refractivity contribution is 0.604. The molecule has 64 valence electrons. The highest BCUT2D eigenvalue weighted by Crippen LogP contribution is 2.33. The van der Waals surface area contributed by atoms with Gasteiger partial charge in [0.05, 0.1) is 4.91 Å². The minimum Gasteiger partial charge on any atom is -0.219 e. The van der Waals surface area contributed by atoms with E-state index in [1.807, 2.05) is 19.1 Å². The normalized spacial score (nSPS) is 30.9. The smallest absolute Gasteiger partial charge is 0.196 e. The van der Waals surface area contributed by atoms with Gasteiger partial charge in [0.1, 0.15) is 0 Å². The third-order valence-electron chi connectivity index (χ3n) is 2.20. The van der Waals surface area contributed by atoms with Crippen LogP contribution in [0.5, 0.6) is 0 Å². The molecule has 0 amide bonds. The first-order chi connectivity index (χ1) is 5.59. The first kappa shape index (κ1) is 7.80. The van der Waals surface area contributed by atoms with E-state index in [1.165, 1.54) is 5.41 Å². The van der Waals surface area contributed by atoms with Gasteiger partial charge in [0.15, 0.2) is 9.84 Å².